The third-order valence-electron chi connectivity index (χ3n) is 3.52. The molecule has 0 saturated carbocycles. The van der Waals surface area contributed by atoms with Crippen LogP contribution < -0.4 is 5.32 Å². The number of carbonyl (C=O) groups is 1. The summed E-state index contributed by atoms with van der Waals surface area (Å²) >= 11 is 1.57. The van der Waals surface area contributed by atoms with Crippen LogP contribution in [0.5, 0.6) is 0 Å². The van der Waals surface area contributed by atoms with Crippen LogP contribution in [0.4, 0.5) is 0 Å². The van der Waals surface area contributed by atoms with Gasteiger partial charge in [-0.2, -0.15) is 0 Å². The smallest absolute Gasteiger partial charge is 0.233 e. The van der Waals surface area contributed by atoms with Crippen molar-refractivity contribution in [1.82, 2.24) is 14.7 Å². The molecule has 0 spiro atoms. The zero-order valence-corrected chi connectivity index (χ0v) is 13.8. The summed E-state index contributed by atoms with van der Waals surface area (Å²) in [5.41, 5.74) is 1.92. The Bertz CT molecular complexity index is 752. The van der Waals surface area contributed by atoms with Crippen LogP contribution in [-0.4, -0.2) is 27.1 Å². The Morgan fingerprint density at radius 3 is 2.78 bits per heavy atom. The summed E-state index contributed by atoms with van der Waals surface area (Å²) < 4.78 is 1.99. The van der Waals surface area contributed by atoms with E-state index in [2.05, 4.69) is 10.3 Å². The van der Waals surface area contributed by atoms with Crippen LogP contribution in [0.25, 0.3) is 5.65 Å². The molecule has 1 N–H and O–H groups in total. The Kier molecular flexibility index (Phi) is 4.98. The molecule has 3 rings (SSSR count). The molecule has 1 aromatic carbocycles. The first kappa shape index (κ1) is 15.6. The third-order valence-corrected chi connectivity index (χ3v) is 4.63. The zero-order chi connectivity index (χ0) is 16.1. The summed E-state index contributed by atoms with van der Waals surface area (Å²) in [6.07, 6.45) is 4.71. The number of amides is 1. The highest BCUT2D eigenvalue weighted by molar-refractivity contribution is 8.00. The van der Waals surface area contributed by atoms with Crippen LogP contribution in [0.2, 0.25) is 0 Å². The Balaban J connectivity index is 1.48. The number of fused-ring (bicyclic) bond motifs is 1. The lowest BCUT2D eigenvalue weighted by atomic mass is 10.3. The fourth-order valence-electron chi connectivity index (χ4n) is 2.32. The lowest BCUT2D eigenvalue weighted by Gasteiger charge is -2.11. The maximum absolute atomic E-state index is 12.2. The van der Waals surface area contributed by atoms with Gasteiger partial charge in [0.1, 0.15) is 5.65 Å². The highest BCUT2D eigenvalue weighted by Crippen LogP contribution is 2.22. The molecule has 0 bridgehead atoms. The van der Waals surface area contributed by atoms with E-state index < -0.39 is 0 Å². The number of nitrogens with zero attached hydrogens (tertiary/aromatic N) is 2. The van der Waals surface area contributed by atoms with Crippen molar-refractivity contribution in [2.24, 2.45) is 0 Å². The molecule has 5 heteroatoms. The second kappa shape index (κ2) is 7.33. The van der Waals surface area contributed by atoms with Crippen molar-refractivity contribution in [1.29, 1.82) is 0 Å². The summed E-state index contributed by atoms with van der Waals surface area (Å²) in [5.74, 6) is 0.0580. The van der Waals surface area contributed by atoms with E-state index in [-0.39, 0.29) is 11.2 Å². The van der Waals surface area contributed by atoms with Crippen molar-refractivity contribution in [3.63, 3.8) is 0 Å². The van der Waals surface area contributed by atoms with Crippen LogP contribution in [-0.2, 0) is 11.2 Å². The van der Waals surface area contributed by atoms with Gasteiger partial charge in [-0.15, -0.1) is 11.8 Å². The SMILES string of the molecule is C[C@H](Sc1ccccc1)C(=O)NCCc1cn2ccccc2n1. The molecule has 1 atom stereocenters. The number of nitrogens with one attached hydrogen (secondary N) is 1. The monoisotopic (exact) mass is 325 g/mol. The molecule has 2 aromatic heterocycles. The largest absolute Gasteiger partial charge is 0.355 e. The van der Waals surface area contributed by atoms with Crippen LogP contribution in [0.3, 0.4) is 0 Å². The first-order chi connectivity index (χ1) is 11.2. The predicted octanol–water partition coefficient (Wildman–Crippen LogP) is 3.17. The molecule has 1 amide bonds. The number of benzene rings is 1. The number of pyridine rings is 1. The molecule has 4 nitrogen and oxygen atoms in total. The van der Waals surface area contributed by atoms with Crippen molar-refractivity contribution in [3.8, 4) is 0 Å². The van der Waals surface area contributed by atoms with E-state index in [9.17, 15) is 4.79 Å². The highest BCUT2D eigenvalue weighted by Gasteiger charge is 2.13. The minimum Gasteiger partial charge on any atom is -0.355 e. The molecule has 0 radical (unpaired) electrons. The van der Waals surface area contributed by atoms with Gasteiger partial charge in [0, 0.05) is 30.3 Å². The minimum atomic E-state index is -0.113. The molecule has 0 aliphatic carbocycles. The van der Waals surface area contributed by atoms with E-state index in [0.717, 1.165) is 22.7 Å². The number of rotatable bonds is 6. The summed E-state index contributed by atoms with van der Waals surface area (Å²) in [6, 6.07) is 15.9. The third kappa shape index (κ3) is 4.13. The van der Waals surface area contributed by atoms with E-state index in [1.165, 1.54) is 0 Å². The van der Waals surface area contributed by atoms with Gasteiger partial charge in [-0.1, -0.05) is 24.3 Å². The number of aromatic nitrogens is 2. The molecule has 0 aliphatic rings. The maximum atomic E-state index is 12.2. The Morgan fingerprint density at radius 1 is 1.22 bits per heavy atom. The van der Waals surface area contributed by atoms with Crippen molar-refractivity contribution in [2.75, 3.05) is 6.54 Å². The van der Waals surface area contributed by atoms with Crippen molar-refractivity contribution in [2.45, 2.75) is 23.5 Å². The number of thioether (sulfide) groups is 1. The zero-order valence-electron chi connectivity index (χ0n) is 13.0. The van der Waals surface area contributed by atoms with Crippen LogP contribution in [0.1, 0.15) is 12.6 Å². The van der Waals surface area contributed by atoms with Gasteiger partial charge in [0.2, 0.25) is 5.91 Å². The van der Waals surface area contributed by atoms with Gasteiger partial charge in [-0.05, 0) is 31.2 Å². The van der Waals surface area contributed by atoms with Gasteiger partial charge in [0.05, 0.1) is 10.9 Å². The fourth-order valence-corrected chi connectivity index (χ4v) is 3.23. The number of carbonyl (C=O) groups excluding carboxylic acids is 1. The van der Waals surface area contributed by atoms with Gasteiger partial charge < -0.3 is 9.72 Å². The van der Waals surface area contributed by atoms with E-state index in [1.807, 2.05) is 72.2 Å². The highest BCUT2D eigenvalue weighted by atomic mass is 32.2. The average molecular weight is 325 g/mol. The Morgan fingerprint density at radius 2 is 2.00 bits per heavy atom. The van der Waals surface area contributed by atoms with E-state index >= 15 is 0 Å². The average Bonchev–Trinajstić information content (AvgIpc) is 2.98. The van der Waals surface area contributed by atoms with Gasteiger partial charge in [0.15, 0.2) is 0 Å². The quantitative estimate of drug-likeness (QED) is 0.708. The normalized spacial score (nSPS) is 12.2. The van der Waals surface area contributed by atoms with E-state index in [0.29, 0.717) is 6.54 Å². The van der Waals surface area contributed by atoms with Crippen molar-refractivity contribution < 1.29 is 4.79 Å². The summed E-state index contributed by atoms with van der Waals surface area (Å²) in [7, 11) is 0. The van der Waals surface area contributed by atoms with Crippen LogP contribution >= 0.6 is 11.8 Å². The Labute approximate surface area is 139 Å². The number of imidazole rings is 1. The lowest BCUT2D eigenvalue weighted by Crippen LogP contribution is -2.32. The first-order valence-electron chi connectivity index (χ1n) is 7.64. The van der Waals surface area contributed by atoms with E-state index in [4.69, 9.17) is 0 Å². The number of hydrogen-bond donors (Lipinski definition) is 1. The molecule has 2 heterocycles. The maximum Gasteiger partial charge on any atom is 0.233 e. The van der Waals surface area contributed by atoms with Gasteiger partial charge in [0.25, 0.3) is 0 Å². The van der Waals surface area contributed by atoms with Crippen LogP contribution in [0, 0.1) is 0 Å². The van der Waals surface area contributed by atoms with Crippen molar-refractivity contribution in [3.05, 3.63) is 66.6 Å². The topological polar surface area (TPSA) is 46.4 Å². The fraction of sp³-hybridized carbons (Fsp3) is 0.222. The second-order valence-corrected chi connectivity index (χ2v) is 6.73. The molecule has 23 heavy (non-hydrogen) atoms. The summed E-state index contributed by atoms with van der Waals surface area (Å²) in [5, 5.41) is 2.87. The molecule has 0 fully saturated rings. The van der Waals surface area contributed by atoms with Gasteiger partial charge >= 0.3 is 0 Å². The van der Waals surface area contributed by atoms with Crippen LogP contribution in [0.15, 0.2) is 65.8 Å². The molecular weight excluding hydrogens is 306 g/mol. The summed E-state index contributed by atoms with van der Waals surface area (Å²) in [4.78, 5) is 17.8. The molecular formula is C18H19N3OS. The van der Waals surface area contributed by atoms with E-state index in [1.54, 1.807) is 11.8 Å². The van der Waals surface area contributed by atoms with Gasteiger partial charge in [-0.25, -0.2) is 4.98 Å². The second-order valence-electron chi connectivity index (χ2n) is 5.31. The molecule has 118 valence electrons. The molecule has 0 unspecified atom stereocenters. The predicted molar refractivity (Wildman–Crippen MR) is 93.7 cm³/mol. The molecule has 3 aromatic rings. The Hall–Kier alpha value is -2.27. The standard InChI is InChI=1S/C18H19N3OS/c1-14(23-16-7-3-2-4-8-16)18(22)19-11-10-15-13-21-12-6-5-9-17(21)20-15/h2-9,12-14H,10-11H2,1H3,(H,19,22)/t14-/m0/s1. The first-order valence-corrected chi connectivity index (χ1v) is 8.52. The van der Waals surface area contributed by atoms with Crippen molar-refractivity contribution >= 4 is 23.3 Å². The van der Waals surface area contributed by atoms with Gasteiger partial charge in [-0.3, -0.25) is 4.79 Å². The molecule has 0 saturated heterocycles. The summed E-state index contributed by atoms with van der Waals surface area (Å²) in [6.45, 7) is 2.53. The number of hydrogen-bond acceptors (Lipinski definition) is 3. The lowest BCUT2D eigenvalue weighted by molar-refractivity contribution is -0.120. The minimum absolute atomic E-state index is 0.0580. The molecule has 0 aliphatic heterocycles.